The maximum absolute atomic E-state index is 5.24. The van der Waals surface area contributed by atoms with Crippen molar-refractivity contribution in [1.29, 1.82) is 0 Å². The Bertz CT molecular complexity index is 484. The molecule has 1 aliphatic rings. The predicted molar refractivity (Wildman–Crippen MR) is 58.4 cm³/mol. The van der Waals surface area contributed by atoms with Gasteiger partial charge in [0.05, 0.1) is 5.69 Å². The summed E-state index contributed by atoms with van der Waals surface area (Å²) in [6.45, 7) is 0. The first kappa shape index (κ1) is 9.36. The molecule has 3 heteroatoms. The number of rotatable bonds is 1. The number of hydrogen-bond acceptors (Lipinski definition) is 3. The molecule has 0 amide bonds. The van der Waals surface area contributed by atoms with Crippen LogP contribution in [0.25, 0.3) is 0 Å². The minimum absolute atomic E-state index is 0.715. The second kappa shape index (κ2) is 3.94. The lowest BCUT2D eigenvalue weighted by Crippen LogP contribution is -2.18. The summed E-state index contributed by atoms with van der Waals surface area (Å²) in [7, 11) is 0. The van der Waals surface area contributed by atoms with E-state index in [0.29, 0.717) is 6.42 Å². The SMILES string of the molecule is c1ccc([C]2Cc3ccccc3OO2)nc1. The molecule has 2 heterocycles. The molecular weight excluding hydrogens is 202 g/mol. The molecule has 0 spiro atoms. The van der Waals surface area contributed by atoms with Gasteiger partial charge in [0.15, 0.2) is 11.9 Å². The van der Waals surface area contributed by atoms with E-state index < -0.39 is 0 Å². The van der Waals surface area contributed by atoms with Gasteiger partial charge in [0.25, 0.3) is 0 Å². The first-order valence-corrected chi connectivity index (χ1v) is 5.13. The van der Waals surface area contributed by atoms with Gasteiger partial charge in [-0.25, -0.2) is 0 Å². The van der Waals surface area contributed by atoms with Crippen molar-refractivity contribution < 1.29 is 9.78 Å². The van der Waals surface area contributed by atoms with E-state index >= 15 is 0 Å². The summed E-state index contributed by atoms with van der Waals surface area (Å²) < 4.78 is 0. The van der Waals surface area contributed by atoms with Gasteiger partial charge in [-0.2, -0.15) is 4.89 Å². The van der Waals surface area contributed by atoms with Gasteiger partial charge >= 0.3 is 0 Å². The Morgan fingerprint density at radius 3 is 2.69 bits per heavy atom. The van der Waals surface area contributed by atoms with E-state index in [-0.39, 0.29) is 0 Å². The molecular formula is C13H10NO2. The number of para-hydroxylation sites is 1. The highest BCUT2D eigenvalue weighted by Gasteiger charge is 2.24. The number of hydrogen-bond donors (Lipinski definition) is 0. The summed E-state index contributed by atoms with van der Waals surface area (Å²) in [5.74, 6) is 0.780. The van der Waals surface area contributed by atoms with Crippen molar-refractivity contribution in [2.75, 3.05) is 0 Å². The molecule has 0 bridgehead atoms. The average Bonchev–Trinajstić information content (AvgIpc) is 2.39. The van der Waals surface area contributed by atoms with E-state index in [9.17, 15) is 0 Å². The van der Waals surface area contributed by atoms with Crippen molar-refractivity contribution in [1.82, 2.24) is 4.98 Å². The molecule has 0 N–H and O–H groups in total. The molecule has 0 saturated carbocycles. The highest BCUT2D eigenvalue weighted by Crippen LogP contribution is 2.31. The van der Waals surface area contributed by atoms with Gasteiger partial charge < -0.3 is 4.89 Å². The van der Waals surface area contributed by atoms with Crippen molar-refractivity contribution in [3.05, 3.63) is 66.0 Å². The maximum atomic E-state index is 5.24. The van der Waals surface area contributed by atoms with E-state index in [1.807, 2.05) is 42.5 Å². The molecule has 3 nitrogen and oxygen atoms in total. The molecule has 1 aromatic heterocycles. The Morgan fingerprint density at radius 2 is 1.81 bits per heavy atom. The van der Waals surface area contributed by atoms with Crippen molar-refractivity contribution in [2.45, 2.75) is 6.42 Å². The van der Waals surface area contributed by atoms with Crippen LogP contribution in [0, 0.1) is 6.10 Å². The largest absolute Gasteiger partial charge is 0.336 e. The molecule has 79 valence electrons. The quantitative estimate of drug-likeness (QED) is 0.681. The standard InChI is InChI=1S/C13H10NO2/c1-2-7-12-10(5-1)9-13(16-15-12)11-6-3-4-8-14-11/h1-8H,9H2. The van der Waals surface area contributed by atoms with E-state index in [1.165, 1.54) is 0 Å². The first-order valence-electron chi connectivity index (χ1n) is 5.13. The van der Waals surface area contributed by atoms with E-state index in [4.69, 9.17) is 9.78 Å². The van der Waals surface area contributed by atoms with Crippen LogP contribution in [0.15, 0.2) is 48.7 Å². The molecule has 1 radical (unpaired) electrons. The third-order valence-corrected chi connectivity index (χ3v) is 2.51. The zero-order valence-electron chi connectivity index (χ0n) is 8.59. The maximum Gasteiger partial charge on any atom is 0.200 e. The number of fused-ring (bicyclic) bond motifs is 1. The summed E-state index contributed by atoms with van der Waals surface area (Å²) in [5.41, 5.74) is 1.94. The summed E-state index contributed by atoms with van der Waals surface area (Å²) in [4.78, 5) is 14.7. The second-order valence-corrected chi connectivity index (χ2v) is 3.59. The first-order chi connectivity index (χ1) is 7.93. The number of aromatic nitrogens is 1. The lowest BCUT2D eigenvalue weighted by Gasteiger charge is -2.21. The normalized spacial score (nSPS) is 15.2. The fourth-order valence-electron chi connectivity index (χ4n) is 1.69. The predicted octanol–water partition coefficient (Wildman–Crippen LogP) is 2.53. The number of pyridine rings is 1. The molecule has 0 atom stereocenters. The van der Waals surface area contributed by atoms with Crippen LogP contribution in [0.1, 0.15) is 11.3 Å². The molecule has 3 rings (SSSR count). The van der Waals surface area contributed by atoms with Crippen LogP contribution in [-0.4, -0.2) is 4.98 Å². The number of nitrogens with zero attached hydrogens (tertiary/aromatic N) is 1. The summed E-state index contributed by atoms with van der Waals surface area (Å²) >= 11 is 0. The number of benzene rings is 1. The van der Waals surface area contributed by atoms with Crippen LogP contribution >= 0.6 is 0 Å². The lowest BCUT2D eigenvalue weighted by atomic mass is 10.0. The van der Waals surface area contributed by atoms with Crippen molar-refractivity contribution in [3.8, 4) is 5.75 Å². The smallest absolute Gasteiger partial charge is 0.200 e. The van der Waals surface area contributed by atoms with Gasteiger partial charge in [-0.05, 0) is 18.2 Å². The van der Waals surface area contributed by atoms with E-state index in [0.717, 1.165) is 23.1 Å². The minimum atomic E-state index is 0.715. The minimum Gasteiger partial charge on any atom is -0.336 e. The van der Waals surface area contributed by atoms with Gasteiger partial charge in [0.2, 0.25) is 0 Å². The Hall–Kier alpha value is -1.87. The lowest BCUT2D eigenvalue weighted by molar-refractivity contribution is -0.202. The molecule has 16 heavy (non-hydrogen) atoms. The Labute approximate surface area is 93.6 Å². The average molecular weight is 212 g/mol. The Kier molecular flexibility index (Phi) is 2.31. The molecule has 1 aliphatic heterocycles. The molecule has 0 fully saturated rings. The van der Waals surface area contributed by atoms with Crippen LogP contribution in [0.5, 0.6) is 5.75 Å². The van der Waals surface area contributed by atoms with Crippen LogP contribution in [0.4, 0.5) is 0 Å². The van der Waals surface area contributed by atoms with Crippen LogP contribution in [0.3, 0.4) is 0 Å². The zero-order valence-corrected chi connectivity index (χ0v) is 8.59. The summed E-state index contributed by atoms with van der Waals surface area (Å²) in [6, 6.07) is 13.6. The van der Waals surface area contributed by atoms with Crippen LogP contribution in [-0.2, 0) is 11.3 Å². The van der Waals surface area contributed by atoms with E-state index in [1.54, 1.807) is 6.20 Å². The van der Waals surface area contributed by atoms with Crippen molar-refractivity contribution in [2.24, 2.45) is 0 Å². The third-order valence-electron chi connectivity index (χ3n) is 2.51. The van der Waals surface area contributed by atoms with Gasteiger partial charge in [0.1, 0.15) is 0 Å². The monoisotopic (exact) mass is 212 g/mol. The highest BCUT2D eigenvalue weighted by molar-refractivity contribution is 5.38. The van der Waals surface area contributed by atoms with Gasteiger partial charge in [-0.1, -0.05) is 24.3 Å². The fourth-order valence-corrected chi connectivity index (χ4v) is 1.69. The second-order valence-electron chi connectivity index (χ2n) is 3.59. The van der Waals surface area contributed by atoms with Crippen LogP contribution in [0.2, 0.25) is 0 Å². The zero-order chi connectivity index (χ0) is 10.8. The summed E-state index contributed by atoms with van der Waals surface area (Å²) in [6.07, 6.45) is 3.21. The van der Waals surface area contributed by atoms with Crippen molar-refractivity contribution >= 4 is 0 Å². The fraction of sp³-hybridized carbons (Fsp3) is 0.0769. The topological polar surface area (TPSA) is 31.4 Å². The molecule has 0 aliphatic carbocycles. The molecule has 1 aromatic carbocycles. The van der Waals surface area contributed by atoms with Gasteiger partial charge in [-0.3, -0.25) is 4.98 Å². The van der Waals surface area contributed by atoms with Crippen LogP contribution < -0.4 is 4.89 Å². The molecule has 2 aromatic rings. The highest BCUT2D eigenvalue weighted by atomic mass is 17.2. The van der Waals surface area contributed by atoms with Gasteiger partial charge in [0, 0.05) is 18.2 Å². The van der Waals surface area contributed by atoms with Crippen molar-refractivity contribution in [3.63, 3.8) is 0 Å². The van der Waals surface area contributed by atoms with Gasteiger partial charge in [-0.15, -0.1) is 0 Å². The molecule has 0 unspecified atom stereocenters. The Balaban J connectivity index is 1.89. The molecule has 0 saturated heterocycles. The summed E-state index contributed by atoms with van der Waals surface area (Å²) in [5, 5.41) is 0. The third kappa shape index (κ3) is 1.66. The van der Waals surface area contributed by atoms with E-state index in [2.05, 4.69) is 4.98 Å². The Morgan fingerprint density at radius 1 is 0.938 bits per heavy atom.